The van der Waals surface area contributed by atoms with Gasteiger partial charge in [-0.25, -0.2) is 4.39 Å². The first-order valence-electron chi connectivity index (χ1n) is 9.33. The number of thioether (sulfide) groups is 1. The van der Waals surface area contributed by atoms with Gasteiger partial charge in [-0.2, -0.15) is 5.10 Å². The fourth-order valence-electron chi connectivity index (χ4n) is 2.63. The van der Waals surface area contributed by atoms with E-state index in [1.54, 1.807) is 43.3 Å². The summed E-state index contributed by atoms with van der Waals surface area (Å²) in [7, 11) is 0. The second-order valence-corrected chi connectivity index (χ2v) is 7.59. The van der Waals surface area contributed by atoms with Crippen LogP contribution in [0.15, 0.2) is 58.7 Å². The molecule has 2 aromatic carbocycles. The molecule has 30 heavy (non-hydrogen) atoms. The molecule has 9 heteroatoms. The third kappa shape index (κ3) is 5.90. The molecule has 156 valence electrons. The van der Waals surface area contributed by atoms with Crippen molar-refractivity contribution in [1.29, 1.82) is 0 Å². The molecule has 7 nitrogen and oxygen atoms in total. The van der Waals surface area contributed by atoms with Crippen molar-refractivity contribution in [3.05, 3.63) is 59.9 Å². The summed E-state index contributed by atoms with van der Waals surface area (Å²) in [5.74, 6) is -0.236. The van der Waals surface area contributed by atoms with Gasteiger partial charge in [0.2, 0.25) is 11.8 Å². The number of anilines is 1. The van der Waals surface area contributed by atoms with E-state index in [4.69, 9.17) is 4.74 Å². The van der Waals surface area contributed by atoms with E-state index in [9.17, 15) is 14.0 Å². The SMILES string of the molecule is CCOc1ccc(NC(=O)[C@@H]2CC(=O)N/C(=N/N=C(/C)c3ccc(F)cc3)S2)cc1. The molecule has 3 rings (SSSR count). The average molecular weight is 428 g/mol. The first-order valence-corrected chi connectivity index (χ1v) is 10.2. The Balaban J connectivity index is 1.66. The molecule has 2 N–H and O–H groups in total. The first-order chi connectivity index (χ1) is 14.4. The molecule has 1 saturated heterocycles. The Kier molecular flexibility index (Phi) is 7.18. The molecule has 2 amide bonds. The Labute approximate surface area is 177 Å². The van der Waals surface area contributed by atoms with Gasteiger partial charge in [0.05, 0.1) is 12.3 Å². The summed E-state index contributed by atoms with van der Waals surface area (Å²) in [6.45, 7) is 4.18. The van der Waals surface area contributed by atoms with E-state index >= 15 is 0 Å². The molecule has 0 saturated carbocycles. The molecule has 0 aliphatic carbocycles. The highest BCUT2D eigenvalue weighted by atomic mass is 32.2. The normalized spacial score (nSPS) is 18.1. The van der Waals surface area contributed by atoms with Gasteiger partial charge in [0.1, 0.15) is 16.8 Å². The quantitative estimate of drug-likeness (QED) is 0.544. The lowest BCUT2D eigenvalue weighted by Gasteiger charge is -2.21. The number of nitrogens with one attached hydrogen (secondary N) is 2. The van der Waals surface area contributed by atoms with Crippen LogP contribution >= 0.6 is 11.8 Å². The number of nitrogens with zero attached hydrogens (tertiary/aromatic N) is 2. The number of hydrogen-bond acceptors (Lipinski definition) is 6. The van der Waals surface area contributed by atoms with Crippen molar-refractivity contribution in [3.63, 3.8) is 0 Å². The van der Waals surface area contributed by atoms with Crippen molar-refractivity contribution in [1.82, 2.24) is 5.32 Å². The topological polar surface area (TPSA) is 92.1 Å². The summed E-state index contributed by atoms with van der Waals surface area (Å²) in [6.07, 6.45) is 0.0349. The largest absolute Gasteiger partial charge is 0.494 e. The summed E-state index contributed by atoms with van der Waals surface area (Å²) in [4.78, 5) is 24.6. The van der Waals surface area contributed by atoms with Crippen molar-refractivity contribution < 1.29 is 18.7 Å². The molecule has 1 aliphatic rings. The molecule has 0 bridgehead atoms. The molecule has 0 spiro atoms. The molecule has 0 radical (unpaired) electrons. The van der Waals surface area contributed by atoms with E-state index in [0.717, 1.165) is 11.8 Å². The van der Waals surface area contributed by atoms with Gasteiger partial charge in [-0.1, -0.05) is 23.9 Å². The van der Waals surface area contributed by atoms with Crippen LogP contribution in [0.2, 0.25) is 0 Å². The van der Waals surface area contributed by atoms with Gasteiger partial charge in [0.15, 0.2) is 5.17 Å². The predicted octanol–water partition coefficient (Wildman–Crippen LogP) is 3.56. The second-order valence-electron chi connectivity index (χ2n) is 6.40. The van der Waals surface area contributed by atoms with Crippen molar-refractivity contribution in [3.8, 4) is 5.75 Å². The lowest BCUT2D eigenvalue weighted by Crippen LogP contribution is -2.41. The number of ether oxygens (including phenoxy) is 1. The van der Waals surface area contributed by atoms with Gasteiger partial charge >= 0.3 is 0 Å². The van der Waals surface area contributed by atoms with Gasteiger partial charge in [-0.15, -0.1) is 5.10 Å². The first kappa shape index (κ1) is 21.5. The second kappa shape index (κ2) is 10.0. The molecule has 1 heterocycles. The molecule has 0 unspecified atom stereocenters. The molecular formula is C21H21FN4O3S. The number of benzene rings is 2. The average Bonchev–Trinajstić information content (AvgIpc) is 2.74. The highest BCUT2D eigenvalue weighted by Crippen LogP contribution is 2.23. The third-order valence-electron chi connectivity index (χ3n) is 4.15. The van der Waals surface area contributed by atoms with Crippen LogP contribution in [0.4, 0.5) is 10.1 Å². The molecule has 1 fully saturated rings. The maximum atomic E-state index is 13.0. The highest BCUT2D eigenvalue weighted by molar-refractivity contribution is 8.15. The Morgan fingerprint density at radius 3 is 2.60 bits per heavy atom. The third-order valence-corrected chi connectivity index (χ3v) is 5.22. The Bertz CT molecular complexity index is 975. The number of amidine groups is 1. The fourth-order valence-corrected chi connectivity index (χ4v) is 3.56. The standard InChI is InChI=1S/C21H21FN4O3S/c1-3-29-17-10-8-16(9-11-17)23-20(28)18-12-19(27)24-21(30-18)26-25-13(2)14-4-6-15(22)7-5-14/h4-11,18H,3,12H2,1-2H3,(H,23,28)(H,24,26,27)/b25-13-/t18-/m0/s1. The van der Waals surface area contributed by atoms with Crippen molar-refractivity contribution in [2.24, 2.45) is 10.2 Å². The van der Waals surface area contributed by atoms with E-state index in [1.165, 1.54) is 12.1 Å². The highest BCUT2D eigenvalue weighted by Gasteiger charge is 2.30. The smallest absolute Gasteiger partial charge is 0.238 e. The number of carbonyl (C=O) groups is 2. The Hall–Kier alpha value is -3.20. The van der Waals surface area contributed by atoms with Crippen LogP contribution in [0.5, 0.6) is 5.75 Å². The van der Waals surface area contributed by atoms with E-state index < -0.39 is 5.25 Å². The van der Waals surface area contributed by atoms with Crippen LogP contribution in [-0.2, 0) is 9.59 Å². The zero-order valence-electron chi connectivity index (χ0n) is 16.5. The maximum Gasteiger partial charge on any atom is 0.238 e. The summed E-state index contributed by atoms with van der Waals surface area (Å²) in [5, 5.41) is 13.1. The minimum atomic E-state index is -0.634. The van der Waals surface area contributed by atoms with Gasteiger partial charge in [-0.05, 0) is 55.8 Å². The van der Waals surface area contributed by atoms with Crippen LogP contribution < -0.4 is 15.4 Å². The molecule has 2 aromatic rings. The van der Waals surface area contributed by atoms with Crippen molar-refractivity contribution in [2.75, 3.05) is 11.9 Å². The van der Waals surface area contributed by atoms with Crippen molar-refractivity contribution in [2.45, 2.75) is 25.5 Å². The monoisotopic (exact) mass is 428 g/mol. The van der Waals surface area contributed by atoms with Crippen LogP contribution in [0.3, 0.4) is 0 Å². The Morgan fingerprint density at radius 2 is 1.93 bits per heavy atom. The van der Waals surface area contributed by atoms with Crippen LogP contribution in [0, 0.1) is 5.82 Å². The number of amides is 2. The molecular weight excluding hydrogens is 407 g/mol. The van der Waals surface area contributed by atoms with E-state index in [2.05, 4.69) is 20.8 Å². The van der Waals surface area contributed by atoms with Gasteiger partial charge in [0, 0.05) is 12.1 Å². The fraction of sp³-hybridized carbons (Fsp3) is 0.238. The van der Waals surface area contributed by atoms with Gasteiger partial charge in [0.25, 0.3) is 0 Å². The van der Waals surface area contributed by atoms with Crippen LogP contribution in [0.25, 0.3) is 0 Å². The minimum Gasteiger partial charge on any atom is -0.494 e. The maximum absolute atomic E-state index is 13.0. The van der Waals surface area contributed by atoms with Crippen molar-refractivity contribution >= 4 is 40.1 Å². The van der Waals surface area contributed by atoms with E-state index in [1.807, 2.05) is 6.92 Å². The minimum absolute atomic E-state index is 0.0349. The Morgan fingerprint density at radius 1 is 1.23 bits per heavy atom. The lowest BCUT2D eigenvalue weighted by atomic mass is 10.1. The number of hydrogen-bond donors (Lipinski definition) is 2. The van der Waals surface area contributed by atoms with Crippen LogP contribution in [-0.4, -0.2) is 34.6 Å². The van der Waals surface area contributed by atoms with E-state index in [0.29, 0.717) is 29.3 Å². The number of halogens is 1. The van der Waals surface area contributed by atoms with E-state index in [-0.39, 0.29) is 29.2 Å². The zero-order valence-corrected chi connectivity index (χ0v) is 17.3. The summed E-state index contributed by atoms with van der Waals surface area (Å²) >= 11 is 1.13. The molecule has 1 atom stereocenters. The van der Waals surface area contributed by atoms with Gasteiger partial charge < -0.3 is 15.4 Å². The van der Waals surface area contributed by atoms with Gasteiger partial charge in [-0.3, -0.25) is 9.59 Å². The number of carbonyl (C=O) groups excluding carboxylic acids is 2. The number of rotatable bonds is 6. The zero-order chi connectivity index (χ0) is 21.5. The summed E-state index contributed by atoms with van der Waals surface area (Å²) in [5.41, 5.74) is 1.87. The summed E-state index contributed by atoms with van der Waals surface area (Å²) < 4.78 is 18.4. The summed E-state index contributed by atoms with van der Waals surface area (Å²) in [6, 6.07) is 12.9. The molecule has 0 aromatic heterocycles. The molecule has 1 aliphatic heterocycles. The predicted molar refractivity (Wildman–Crippen MR) is 116 cm³/mol. The lowest BCUT2D eigenvalue weighted by molar-refractivity contribution is -0.123. The van der Waals surface area contributed by atoms with Crippen LogP contribution in [0.1, 0.15) is 25.8 Å².